The number of piperidine rings is 1. The van der Waals surface area contributed by atoms with E-state index < -0.39 is 6.09 Å². The first-order chi connectivity index (χ1) is 10.2. The van der Waals surface area contributed by atoms with Gasteiger partial charge in [-0.1, -0.05) is 12.1 Å². The zero-order chi connectivity index (χ0) is 14.6. The summed E-state index contributed by atoms with van der Waals surface area (Å²) in [6, 6.07) is 6.28. The smallest absolute Gasteiger partial charge is 0.407 e. The van der Waals surface area contributed by atoms with Gasteiger partial charge in [-0.25, -0.2) is 4.79 Å². The number of para-hydroxylation sites is 1. The van der Waals surface area contributed by atoms with Gasteiger partial charge in [0.1, 0.15) is 0 Å². The fraction of sp³-hybridized carbons (Fsp3) is 0.500. The Balaban J connectivity index is 1.80. The highest BCUT2D eigenvalue weighted by Gasteiger charge is 2.44. The number of ketones is 1. The van der Waals surface area contributed by atoms with Crippen LogP contribution in [0.5, 0.6) is 0 Å². The van der Waals surface area contributed by atoms with Gasteiger partial charge in [-0.2, -0.15) is 0 Å². The van der Waals surface area contributed by atoms with Crippen molar-refractivity contribution in [2.24, 2.45) is 0 Å². The van der Waals surface area contributed by atoms with Crippen molar-refractivity contribution in [3.05, 3.63) is 29.3 Å². The lowest BCUT2D eigenvalue weighted by Crippen LogP contribution is -2.48. The minimum absolute atomic E-state index is 0.204. The van der Waals surface area contributed by atoms with Gasteiger partial charge in [0.05, 0.1) is 5.69 Å². The first-order valence-corrected chi connectivity index (χ1v) is 7.57. The van der Waals surface area contributed by atoms with Gasteiger partial charge in [0, 0.05) is 43.6 Å². The number of benzene rings is 1. The zero-order valence-electron chi connectivity index (χ0n) is 11.8. The number of likely N-dealkylation sites (tertiary alicyclic amines) is 1. The maximum Gasteiger partial charge on any atom is 0.407 e. The fourth-order valence-corrected chi connectivity index (χ4v) is 4.19. The predicted molar refractivity (Wildman–Crippen MR) is 78.1 cm³/mol. The first kappa shape index (κ1) is 12.7. The molecule has 1 fully saturated rings. The van der Waals surface area contributed by atoms with Crippen LogP contribution in [0.1, 0.15) is 41.1 Å². The molecule has 3 aliphatic heterocycles. The second-order valence-corrected chi connectivity index (χ2v) is 6.15. The summed E-state index contributed by atoms with van der Waals surface area (Å²) in [4.78, 5) is 27.4. The van der Waals surface area contributed by atoms with Crippen molar-refractivity contribution in [2.45, 2.75) is 31.2 Å². The van der Waals surface area contributed by atoms with E-state index in [9.17, 15) is 14.7 Å². The molecule has 2 atom stereocenters. The summed E-state index contributed by atoms with van der Waals surface area (Å²) in [5.74, 6) is 0.429. The van der Waals surface area contributed by atoms with Crippen LogP contribution in [-0.4, -0.2) is 47.6 Å². The van der Waals surface area contributed by atoms with Crippen LogP contribution in [0.25, 0.3) is 0 Å². The fourth-order valence-electron chi connectivity index (χ4n) is 4.19. The normalized spacial score (nSPS) is 27.1. The van der Waals surface area contributed by atoms with Gasteiger partial charge in [-0.15, -0.1) is 0 Å². The molecular formula is C16H18N2O3. The second-order valence-electron chi connectivity index (χ2n) is 6.15. The Morgan fingerprint density at radius 2 is 2.14 bits per heavy atom. The number of hydrogen-bond donors (Lipinski definition) is 1. The minimum Gasteiger partial charge on any atom is -0.465 e. The van der Waals surface area contributed by atoms with Crippen LogP contribution in [-0.2, 0) is 0 Å². The summed E-state index contributed by atoms with van der Waals surface area (Å²) in [5, 5.41) is 9.24. The summed E-state index contributed by atoms with van der Waals surface area (Å²) in [6.45, 7) is 2.04. The summed E-state index contributed by atoms with van der Waals surface area (Å²) in [5.41, 5.74) is 3.09. The summed E-state index contributed by atoms with van der Waals surface area (Å²) in [6.07, 6.45) is 1.51. The lowest BCUT2D eigenvalue weighted by molar-refractivity contribution is 0.0982. The summed E-state index contributed by atoms with van der Waals surface area (Å²) in [7, 11) is 0. The van der Waals surface area contributed by atoms with Gasteiger partial charge >= 0.3 is 6.09 Å². The van der Waals surface area contributed by atoms with Crippen molar-refractivity contribution >= 4 is 17.6 Å². The highest BCUT2D eigenvalue weighted by Crippen LogP contribution is 2.47. The molecule has 1 saturated heterocycles. The number of carbonyl (C=O) groups is 2. The molecule has 110 valence electrons. The van der Waals surface area contributed by atoms with Crippen LogP contribution in [0.4, 0.5) is 10.5 Å². The molecule has 0 spiro atoms. The van der Waals surface area contributed by atoms with Crippen LogP contribution in [0.15, 0.2) is 18.2 Å². The van der Waals surface area contributed by atoms with E-state index in [2.05, 4.69) is 11.0 Å². The number of carboxylic acid groups (broad SMARTS) is 1. The third-order valence-corrected chi connectivity index (χ3v) is 5.10. The molecule has 0 bridgehead atoms. The standard InChI is InChI=1S/C16H18N2O3/c19-14-5-2-7-18-13-6-8-17(16(20)21)9-12(13)10-3-1-4-11(14)15(10)18/h1,3-4,12-13H,2,5-9H2,(H,20,21)/t12-,13-/m0/s1. The van der Waals surface area contributed by atoms with E-state index >= 15 is 0 Å². The molecule has 1 amide bonds. The highest BCUT2D eigenvalue weighted by atomic mass is 16.4. The largest absolute Gasteiger partial charge is 0.465 e. The lowest BCUT2D eigenvalue weighted by atomic mass is 9.88. The molecule has 3 heterocycles. The molecule has 0 saturated carbocycles. The van der Waals surface area contributed by atoms with Crippen molar-refractivity contribution in [3.63, 3.8) is 0 Å². The van der Waals surface area contributed by atoms with Gasteiger partial charge in [0.25, 0.3) is 0 Å². The number of amides is 1. The molecule has 5 heteroatoms. The molecule has 21 heavy (non-hydrogen) atoms. The van der Waals surface area contributed by atoms with Crippen molar-refractivity contribution in [3.8, 4) is 0 Å². The molecule has 0 radical (unpaired) electrons. The van der Waals surface area contributed by atoms with Crippen LogP contribution in [0, 0.1) is 0 Å². The minimum atomic E-state index is -0.840. The Kier molecular flexibility index (Phi) is 2.71. The predicted octanol–water partition coefficient (Wildman–Crippen LogP) is 2.32. The summed E-state index contributed by atoms with van der Waals surface area (Å²) < 4.78 is 0. The zero-order valence-corrected chi connectivity index (χ0v) is 11.8. The average molecular weight is 286 g/mol. The molecule has 0 unspecified atom stereocenters. The van der Waals surface area contributed by atoms with E-state index in [-0.39, 0.29) is 11.7 Å². The molecule has 1 aromatic carbocycles. The van der Waals surface area contributed by atoms with Gasteiger partial charge in [-0.3, -0.25) is 4.79 Å². The van der Waals surface area contributed by atoms with Gasteiger partial charge < -0.3 is 14.9 Å². The Morgan fingerprint density at radius 1 is 1.29 bits per heavy atom. The SMILES string of the molecule is O=C1CCCN2c3c1cccc3[C@@H]1CN(C(=O)O)CC[C@@H]12. The Morgan fingerprint density at radius 3 is 2.95 bits per heavy atom. The maximum absolute atomic E-state index is 12.3. The van der Waals surface area contributed by atoms with Crippen LogP contribution in [0.2, 0.25) is 0 Å². The van der Waals surface area contributed by atoms with Crippen LogP contribution >= 0.6 is 0 Å². The average Bonchev–Trinajstić information content (AvgIpc) is 2.70. The van der Waals surface area contributed by atoms with Crippen molar-refractivity contribution in [1.82, 2.24) is 4.90 Å². The van der Waals surface area contributed by atoms with Crippen LogP contribution in [0.3, 0.4) is 0 Å². The molecule has 1 N–H and O–H groups in total. The number of fused-ring (bicyclic) bond motifs is 3. The second kappa shape index (κ2) is 4.48. The van der Waals surface area contributed by atoms with Crippen molar-refractivity contribution < 1.29 is 14.7 Å². The Hall–Kier alpha value is -2.04. The van der Waals surface area contributed by atoms with E-state index in [4.69, 9.17) is 0 Å². The number of rotatable bonds is 0. The number of carbonyl (C=O) groups excluding carboxylic acids is 1. The van der Waals surface area contributed by atoms with Crippen molar-refractivity contribution in [1.29, 1.82) is 0 Å². The molecule has 1 aromatic rings. The van der Waals surface area contributed by atoms with Crippen molar-refractivity contribution in [2.75, 3.05) is 24.5 Å². The summed E-state index contributed by atoms with van der Waals surface area (Å²) >= 11 is 0. The van der Waals surface area contributed by atoms with Crippen LogP contribution < -0.4 is 4.90 Å². The Labute approximate surface area is 123 Å². The van der Waals surface area contributed by atoms with E-state index in [0.29, 0.717) is 25.6 Å². The molecule has 4 rings (SSSR count). The third-order valence-electron chi connectivity index (χ3n) is 5.10. The lowest BCUT2D eigenvalue weighted by Gasteiger charge is -2.37. The molecular weight excluding hydrogens is 268 g/mol. The third kappa shape index (κ3) is 1.76. The highest BCUT2D eigenvalue weighted by molar-refractivity contribution is 6.03. The molecule has 0 aliphatic carbocycles. The van der Waals surface area contributed by atoms with E-state index in [1.807, 2.05) is 12.1 Å². The monoisotopic (exact) mass is 286 g/mol. The maximum atomic E-state index is 12.3. The molecule has 0 aromatic heterocycles. The van der Waals surface area contributed by atoms with E-state index in [0.717, 1.165) is 30.6 Å². The number of anilines is 1. The quantitative estimate of drug-likeness (QED) is 0.795. The van der Waals surface area contributed by atoms with E-state index in [1.165, 1.54) is 10.5 Å². The number of nitrogens with zero attached hydrogens (tertiary/aromatic N) is 2. The molecule has 3 aliphatic rings. The van der Waals surface area contributed by atoms with Gasteiger partial charge in [0.2, 0.25) is 0 Å². The number of Topliss-reactive ketones (excluding diaryl/α,β-unsaturated/α-hetero) is 1. The topological polar surface area (TPSA) is 60.9 Å². The van der Waals surface area contributed by atoms with Gasteiger partial charge in [-0.05, 0) is 24.5 Å². The first-order valence-electron chi connectivity index (χ1n) is 7.57. The Bertz CT molecular complexity index is 628. The van der Waals surface area contributed by atoms with Gasteiger partial charge in [0.15, 0.2) is 5.78 Å². The number of hydrogen-bond acceptors (Lipinski definition) is 3. The van der Waals surface area contributed by atoms with E-state index in [1.54, 1.807) is 0 Å². The molecule has 5 nitrogen and oxygen atoms in total.